The van der Waals surface area contributed by atoms with Crippen LogP contribution in [-0.4, -0.2) is 50.7 Å². The summed E-state index contributed by atoms with van der Waals surface area (Å²) >= 11 is 12.6. The second-order valence-electron chi connectivity index (χ2n) is 8.61. The third-order valence-electron chi connectivity index (χ3n) is 5.84. The van der Waals surface area contributed by atoms with Crippen LogP contribution in [0.3, 0.4) is 0 Å². The first-order chi connectivity index (χ1) is 14.5. The zero-order chi connectivity index (χ0) is 23.3. The van der Waals surface area contributed by atoms with Crippen LogP contribution in [-0.2, 0) is 15.8 Å². The van der Waals surface area contributed by atoms with Gasteiger partial charge in [-0.3, -0.25) is 9.93 Å². The zero-order valence-corrected chi connectivity index (χ0v) is 20.6. The SMILES string of the molecule is C=CCOc1cc(Cl)c(Cl)cc1[C@H](CC(C)(C)S(N)=O)C1CCN(C(=O)[C@H](C)O)CC1. The second kappa shape index (κ2) is 11.1. The minimum atomic E-state index is -1.53. The van der Waals surface area contributed by atoms with Gasteiger partial charge in [0.05, 0.1) is 25.8 Å². The van der Waals surface area contributed by atoms with Gasteiger partial charge in [-0.15, -0.1) is 0 Å². The largest absolute Gasteiger partial charge is 0.489 e. The maximum atomic E-state index is 12.2. The Morgan fingerprint density at radius 3 is 2.48 bits per heavy atom. The standard InChI is InChI=1S/C22H32Cl2N2O4S/c1-5-10-30-20-12-19(24)18(23)11-16(20)17(13-22(3,4)31(25)29)15-6-8-26(9-7-15)21(28)14(2)27/h5,11-12,14-15,17,27H,1,6-10,13,25H2,2-4H3/t14-,17+,31?/m0/s1. The fourth-order valence-electron chi connectivity index (χ4n) is 4.04. The molecule has 1 aliphatic rings. The number of aliphatic hydroxyl groups excluding tert-OH is 1. The Morgan fingerprint density at radius 1 is 1.39 bits per heavy atom. The van der Waals surface area contributed by atoms with E-state index in [-0.39, 0.29) is 17.7 Å². The Morgan fingerprint density at radius 2 is 1.97 bits per heavy atom. The number of ether oxygens (including phenoxy) is 1. The van der Waals surface area contributed by atoms with Gasteiger partial charge in [-0.05, 0) is 63.5 Å². The normalized spacial score (nSPS) is 18.4. The number of piperidine rings is 1. The molecular formula is C22H32Cl2N2O4S. The number of benzene rings is 1. The van der Waals surface area contributed by atoms with Crippen molar-refractivity contribution in [3.05, 3.63) is 40.4 Å². The van der Waals surface area contributed by atoms with Crippen molar-refractivity contribution in [2.75, 3.05) is 19.7 Å². The molecule has 3 atom stereocenters. The van der Waals surface area contributed by atoms with Gasteiger partial charge in [-0.1, -0.05) is 35.9 Å². The van der Waals surface area contributed by atoms with E-state index in [0.29, 0.717) is 41.9 Å². The van der Waals surface area contributed by atoms with Crippen LogP contribution in [0.15, 0.2) is 24.8 Å². The highest BCUT2D eigenvalue weighted by Gasteiger charge is 2.37. The van der Waals surface area contributed by atoms with Gasteiger partial charge >= 0.3 is 0 Å². The van der Waals surface area contributed by atoms with E-state index in [2.05, 4.69) is 6.58 Å². The third kappa shape index (κ3) is 6.68. The van der Waals surface area contributed by atoms with Crippen LogP contribution in [0, 0.1) is 5.92 Å². The molecule has 1 aromatic carbocycles. The summed E-state index contributed by atoms with van der Waals surface area (Å²) in [4.78, 5) is 13.9. The molecule has 1 unspecified atom stereocenters. The van der Waals surface area contributed by atoms with E-state index >= 15 is 0 Å². The van der Waals surface area contributed by atoms with Gasteiger partial charge in [0.15, 0.2) is 0 Å². The van der Waals surface area contributed by atoms with Crippen molar-refractivity contribution in [3.63, 3.8) is 0 Å². The quantitative estimate of drug-likeness (QED) is 0.510. The number of aliphatic hydroxyl groups is 1. The average Bonchev–Trinajstić information content (AvgIpc) is 2.72. The predicted octanol–water partition coefficient (Wildman–Crippen LogP) is 4.05. The molecule has 1 saturated heterocycles. The predicted molar refractivity (Wildman–Crippen MR) is 127 cm³/mol. The first-order valence-corrected chi connectivity index (χ1v) is 12.3. The minimum Gasteiger partial charge on any atom is -0.489 e. The molecule has 1 aliphatic heterocycles. The lowest BCUT2D eigenvalue weighted by Gasteiger charge is -2.39. The number of carbonyl (C=O) groups excluding carboxylic acids is 1. The van der Waals surface area contributed by atoms with Crippen LogP contribution >= 0.6 is 23.2 Å². The molecule has 0 spiro atoms. The summed E-state index contributed by atoms with van der Waals surface area (Å²) in [5.74, 6) is 0.480. The molecule has 1 aromatic rings. The van der Waals surface area contributed by atoms with Crippen molar-refractivity contribution in [1.82, 2.24) is 4.90 Å². The maximum Gasteiger partial charge on any atom is 0.251 e. The molecule has 0 saturated carbocycles. The summed E-state index contributed by atoms with van der Waals surface area (Å²) in [5.41, 5.74) is 0.884. The fraction of sp³-hybridized carbons (Fsp3) is 0.591. The molecule has 1 amide bonds. The molecule has 0 aliphatic carbocycles. The lowest BCUT2D eigenvalue weighted by atomic mass is 9.75. The summed E-state index contributed by atoms with van der Waals surface area (Å²) in [7, 11) is -1.53. The van der Waals surface area contributed by atoms with Gasteiger partial charge in [0.1, 0.15) is 18.5 Å². The molecule has 9 heteroatoms. The molecule has 174 valence electrons. The Labute approximate surface area is 197 Å². The summed E-state index contributed by atoms with van der Waals surface area (Å²) in [6.07, 6.45) is 2.66. The van der Waals surface area contributed by atoms with E-state index in [1.165, 1.54) is 6.92 Å². The zero-order valence-electron chi connectivity index (χ0n) is 18.3. The van der Waals surface area contributed by atoms with Crippen LogP contribution < -0.4 is 9.88 Å². The number of hydrogen-bond donors (Lipinski definition) is 2. The third-order valence-corrected chi connectivity index (χ3v) is 7.82. The molecule has 6 nitrogen and oxygen atoms in total. The van der Waals surface area contributed by atoms with Crippen molar-refractivity contribution in [2.24, 2.45) is 11.1 Å². The van der Waals surface area contributed by atoms with Gasteiger partial charge in [-0.2, -0.15) is 0 Å². The van der Waals surface area contributed by atoms with Crippen molar-refractivity contribution in [3.8, 4) is 5.75 Å². The van der Waals surface area contributed by atoms with E-state index in [9.17, 15) is 14.1 Å². The molecule has 0 bridgehead atoms. The van der Waals surface area contributed by atoms with Crippen molar-refractivity contribution in [1.29, 1.82) is 0 Å². The summed E-state index contributed by atoms with van der Waals surface area (Å²) < 4.78 is 17.5. The van der Waals surface area contributed by atoms with Crippen LogP contribution in [0.2, 0.25) is 10.0 Å². The highest BCUT2D eigenvalue weighted by molar-refractivity contribution is 7.84. The Kier molecular flexibility index (Phi) is 9.40. The first kappa shape index (κ1) is 26.1. The molecule has 0 aromatic heterocycles. The highest BCUT2D eigenvalue weighted by Crippen LogP contribution is 2.45. The molecule has 1 heterocycles. The minimum absolute atomic E-state index is 0.0547. The van der Waals surface area contributed by atoms with Gasteiger partial charge in [-0.25, -0.2) is 4.21 Å². The highest BCUT2D eigenvalue weighted by atomic mass is 35.5. The Bertz CT molecular complexity index is 824. The van der Waals surface area contributed by atoms with Crippen LogP contribution in [0.4, 0.5) is 0 Å². The van der Waals surface area contributed by atoms with Crippen molar-refractivity contribution >= 4 is 40.1 Å². The van der Waals surface area contributed by atoms with E-state index < -0.39 is 21.8 Å². The van der Waals surface area contributed by atoms with E-state index in [4.69, 9.17) is 33.1 Å². The molecule has 1 fully saturated rings. The number of halogens is 2. The second-order valence-corrected chi connectivity index (χ2v) is 11.1. The molecule has 3 N–H and O–H groups in total. The number of amides is 1. The lowest BCUT2D eigenvalue weighted by molar-refractivity contribution is -0.140. The number of rotatable bonds is 9. The number of likely N-dealkylation sites (tertiary alicyclic amines) is 1. The molecular weight excluding hydrogens is 459 g/mol. The van der Waals surface area contributed by atoms with E-state index in [0.717, 1.165) is 18.4 Å². The van der Waals surface area contributed by atoms with Crippen LogP contribution in [0.1, 0.15) is 51.5 Å². The smallest absolute Gasteiger partial charge is 0.251 e. The van der Waals surface area contributed by atoms with E-state index in [1.54, 1.807) is 17.0 Å². The van der Waals surface area contributed by atoms with Crippen LogP contribution in [0.25, 0.3) is 0 Å². The number of nitrogens with two attached hydrogens (primary N) is 1. The van der Waals surface area contributed by atoms with Crippen LogP contribution in [0.5, 0.6) is 5.75 Å². The van der Waals surface area contributed by atoms with Gasteiger partial charge in [0.25, 0.3) is 5.91 Å². The van der Waals surface area contributed by atoms with Gasteiger partial charge < -0.3 is 14.7 Å². The van der Waals surface area contributed by atoms with Gasteiger partial charge in [0.2, 0.25) is 0 Å². The van der Waals surface area contributed by atoms with Gasteiger partial charge in [0, 0.05) is 19.2 Å². The fourth-order valence-corrected chi connectivity index (χ4v) is 4.71. The number of carbonyl (C=O) groups is 1. The Hall–Kier alpha value is -1.12. The summed E-state index contributed by atoms with van der Waals surface area (Å²) in [6.45, 7) is 10.3. The number of nitrogens with zero attached hydrogens (tertiary/aromatic N) is 1. The Balaban J connectivity index is 2.41. The number of hydrogen-bond acceptors (Lipinski definition) is 4. The lowest BCUT2D eigenvalue weighted by Crippen LogP contribution is -2.44. The summed E-state index contributed by atoms with van der Waals surface area (Å²) in [5, 5.41) is 16.2. The summed E-state index contributed by atoms with van der Waals surface area (Å²) in [6, 6.07) is 3.52. The average molecular weight is 491 g/mol. The first-order valence-electron chi connectivity index (χ1n) is 10.3. The maximum absolute atomic E-state index is 12.2. The van der Waals surface area contributed by atoms with Crippen molar-refractivity contribution < 1.29 is 18.8 Å². The molecule has 31 heavy (non-hydrogen) atoms. The molecule has 2 rings (SSSR count). The van der Waals surface area contributed by atoms with Crippen molar-refractivity contribution in [2.45, 2.75) is 56.8 Å². The van der Waals surface area contributed by atoms with E-state index in [1.807, 2.05) is 19.9 Å². The topological polar surface area (TPSA) is 92.9 Å². The monoisotopic (exact) mass is 490 g/mol. The molecule has 0 radical (unpaired) electrons.